The highest BCUT2D eigenvalue weighted by molar-refractivity contribution is 6.00. The number of anilines is 1. The molecule has 3 rings (SSSR count). The molecular formula is C28H43FN6O. The predicted octanol–water partition coefficient (Wildman–Crippen LogP) is 4.86. The number of rotatable bonds is 8. The van der Waals surface area contributed by atoms with Gasteiger partial charge in [-0.15, -0.1) is 0 Å². The normalized spacial score (nSPS) is 14.1. The van der Waals surface area contributed by atoms with Crippen LogP contribution in [0.2, 0.25) is 0 Å². The van der Waals surface area contributed by atoms with Crippen LogP contribution in [0.4, 0.5) is 14.9 Å². The first-order chi connectivity index (χ1) is 17.4. The van der Waals surface area contributed by atoms with Crippen LogP contribution in [0.3, 0.4) is 0 Å². The first kappa shape index (κ1) is 29.3. The maximum Gasteiger partial charge on any atom is 0.318 e. The minimum Gasteiger partial charge on any atom is -0.341 e. The molecule has 0 heterocycles. The zero-order valence-electron chi connectivity index (χ0n) is 22.2. The molecule has 1 saturated carbocycles. The number of hydrogen-bond acceptors (Lipinski definition) is 4. The second-order valence-corrected chi connectivity index (χ2v) is 9.20. The van der Waals surface area contributed by atoms with Gasteiger partial charge in [0.15, 0.2) is 0 Å². The molecule has 0 bridgehead atoms. The standard InChI is InChI=1S/C16H24FN.C12H19N5O/c1-18(16-7-3-2-4-8-16)13-5-6-14-9-11-15(17)12-10-14;1-4-8-5-9(11(14-2)17-13)7-10(6-8)16-12(18)15-3/h9-12,16H,2-8,13H2,1H3;5-7H,4,13H2,1-3H3,(H,14,17)(H2,15,16,18). The Morgan fingerprint density at radius 3 is 2.39 bits per heavy atom. The van der Waals surface area contributed by atoms with Crippen LogP contribution in [0.1, 0.15) is 62.1 Å². The molecule has 0 aromatic heterocycles. The van der Waals surface area contributed by atoms with E-state index >= 15 is 0 Å². The largest absolute Gasteiger partial charge is 0.341 e. The van der Waals surface area contributed by atoms with E-state index in [0.717, 1.165) is 36.6 Å². The second-order valence-electron chi connectivity index (χ2n) is 9.20. The van der Waals surface area contributed by atoms with Gasteiger partial charge in [0, 0.05) is 31.4 Å². The summed E-state index contributed by atoms with van der Waals surface area (Å²) in [5, 5.41) is 5.24. The lowest BCUT2D eigenvalue weighted by atomic mass is 9.94. The summed E-state index contributed by atoms with van der Waals surface area (Å²) in [5.41, 5.74) is 6.42. The molecule has 0 aliphatic heterocycles. The minimum absolute atomic E-state index is 0.141. The van der Waals surface area contributed by atoms with E-state index in [1.165, 1.54) is 44.1 Å². The Labute approximate surface area is 215 Å². The Morgan fingerprint density at radius 2 is 1.81 bits per heavy atom. The fourth-order valence-corrected chi connectivity index (χ4v) is 4.46. The van der Waals surface area contributed by atoms with Gasteiger partial charge in [0.2, 0.25) is 0 Å². The summed E-state index contributed by atoms with van der Waals surface area (Å²) in [6.07, 6.45) is 10.0. The number of nitrogens with two attached hydrogens (primary N) is 1. The van der Waals surface area contributed by atoms with Crippen molar-refractivity contribution < 1.29 is 9.18 Å². The number of nitrogens with zero attached hydrogens (tertiary/aromatic N) is 2. The molecule has 8 heteroatoms. The summed E-state index contributed by atoms with van der Waals surface area (Å²) in [4.78, 5) is 17.9. The van der Waals surface area contributed by atoms with Crippen molar-refractivity contribution in [3.63, 3.8) is 0 Å². The smallest absolute Gasteiger partial charge is 0.318 e. The topological polar surface area (TPSA) is 94.8 Å². The van der Waals surface area contributed by atoms with E-state index in [0.29, 0.717) is 11.5 Å². The van der Waals surface area contributed by atoms with Crippen molar-refractivity contribution in [3.05, 3.63) is 65.0 Å². The SMILES string of the molecule is CCc1cc(NC(=O)NC)cc(C(=NC)NN)c1.CN(CCCc1ccc(F)cc1)C1CCCCC1. The maximum absolute atomic E-state index is 12.8. The molecule has 0 atom stereocenters. The van der Waals surface area contributed by atoms with E-state index in [1.807, 2.05) is 37.3 Å². The van der Waals surface area contributed by atoms with Crippen molar-refractivity contribution in [2.24, 2.45) is 10.8 Å². The Morgan fingerprint density at radius 1 is 1.11 bits per heavy atom. The molecule has 1 aliphatic rings. The number of aryl methyl sites for hydroxylation is 2. The molecule has 0 spiro atoms. The molecule has 0 radical (unpaired) electrons. The molecule has 2 amide bonds. The third-order valence-corrected chi connectivity index (χ3v) is 6.61. The summed E-state index contributed by atoms with van der Waals surface area (Å²) in [6.45, 7) is 3.20. The predicted molar refractivity (Wildman–Crippen MR) is 148 cm³/mol. The van der Waals surface area contributed by atoms with Gasteiger partial charge >= 0.3 is 6.03 Å². The Bertz CT molecular complexity index is 957. The highest BCUT2D eigenvalue weighted by Crippen LogP contribution is 2.22. The van der Waals surface area contributed by atoms with Gasteiger partial charge in [0.05, 0.1) is 0 Å². The highest BCUT2D eigenvalue weighted by atomic mass is 19.1. The Kier molecular flexibility index (Phi) is 12.9. The van der Waals surface area contributed by atoms with Gasteiger partial charge in [-0.1, -0.05) is 38.3 Å². The Balaban J connectivity index is 0.000000254. The average Bonchev–Trinajstić information content (AvgIpc) is 2.91. The number of urea groups is 1. The molecule has 198 valence electrons. The highest BCUT2D eigenvalue weighted by Gasteiger charge is 2.17. The van der Waals surface area contributed by atoms with Crippen molar-refractivity contribution >= 4 is 17.6 Å². The van der Waals surface area contributed by atoms with E-state index in [2.05, 4.69) is 33.0 Å². The molecule has 36 heavy (non-hydrogen) atoms. The van der Waals surface area contributed by atoms with Crippen LogP contribution in [0.5, 0.6) is 0 Å². The number of hydrazine groups is 1. The number of nitrogens with one attached hydrogen (secondary N) is 3. The monoisotopic (exact) mass is 498 g/mol. The third-order valence-electron chi connectivity index (χ3n) is 6.61. The van der Waals surface area contributed by atoms with Gasteiger partial charge in [-0.3, -0.25) is 4.99 Å². The number of aliphatic imine (C=N–C) groups is 1. The lowest BCUT2D eigenvalue weighted by Gasteiger charge is -2.31. The fourth-order valence-electron chi connectivity index (χ4n) is 4.46. The van der Waals surface area contributed by atoms with Crippen LogP contribution in [-0.2, 0) is 12.8 Å². The minimum atomic E-state index is -0.259. The van der Waals surface area contributed by atoms with E-state index < -0.39 is 0 Å². The average molecular weight is 499 g/mol. The summed E-state index contributed by atoms with van der Waals surface area (Å²) in [7, 11) is 5.47. The van der Waals surface area contributed by atoms with Crippen molar-refractivity contribution in [2.45, 2.75) is 64.3 Å². The molecule has 5 N–H and O–H groups in total. The molecule has 1 aliphatic carbocycles. The van der Waals surface area contributed by atoms with Crippen molar-refractivity contribution in [1.29, 1.82) is 0 Å². The van der Waals surface area contributed by atoms with Gasteiger partial charge in [-0.25, -0.2) is 15.0 Å². The van der Waals surface area contributed by atoms with Gasteiger partial charge in [-0.2, -0.15) is 0 Å². The fraction of sp³-hybridized carbons (Fsp3) is 0.500. The number of carbonyl (C=O) groups is 1. The van der Waals surface area contributed by atoms with Crippen LogP contribution >= 0.6 is 0 Å². The first-order valence-electron chi connectivity index (χ1n) is 12.9. The lowest BCUT2D eigenvalue weighted by molar-refractivity contribution is 0.190. The van der Waals surface area contributed by atoms with E-state index in [4.69, 9.17) is 5.84 Å². The summed E-state index contributed by atoms with van der Waals surface area (Å²) in [5.74, 6) is 5.84. The quantitative estimate of drug-likeness (QED) is 0.181. The summed E-state index contributed by atoms with van der Waals surface area (Å²) < 4.78 is 12.8. The zero-order chi connectivity index (χ0) is 26.3. The first-order valence-corrected chi connectivity index (χ1v) is 12.9. The molecule has 1 fully saturated rings. The van der Waals surface area contributed by atoms with Gasteiger partial charge < -0.3 is 21.0 Å². The van der Waals surface area contributed by atoms with Gasteiger partial charge in [0.25, 0.3) is 0 Å². The van der Waals surface area contributed by atoms with Gasteiger partial charge in [0.1, 0.15) is 11.7 Å². The van der Waals surface area contributed by atoms with Crippen LogP contribution in [0, 0.1) is 5.82 Å². The van der Waals surface area contributed by atoms with Crippen LogP contribution in [0.25, 0.3) is 0 Å². The molecule has 2 aromatic carbocycles. The molecule has 0 unspecified atom stereocenters. The molecular weight excluding hydrogens is 455 g/mol. The van der Waals surface area contributed by atoms with Crippen LogP contribution < -0.4 is 21.9 Å². The van der Waals surface area contributed by atoms with E-state index in [1.54, 1.807) is 26.2 Å². The number of halogens is 1. The molecule has 0 saturated heterocycles. The number of benzene rings is 2. The van der Waals surface area contributed by atoms with Crippen molar-refractivity contribution in [1.82, 2.24) is 15.6 Å². The summed E-state index contributed by atoms with van der Waals surface area (Å²) in [6, 6.07) is 13.2. The lowest BCUT2D eigenvalue weighted by Crippen LogP contribution is -2.34. The third kappa shape index (κ3) is 9.95. The summed E-state index contributed by atoms with van der Waals surface area (Å²) >= 11 is 0. The molecule has 2 aromatic rings. The van der Waals surface area contributed by atoms with Crippen molar-refractivity contribution in [2.75, 3.05) is 33.0 Å². The molecule has 7 nitrogen and oxygen atoms in total. The van der Waals surface area contributed by atoms with Crippen LogP contribution in [-0.4, -0.2) is 50.5 Å². The number of amidine groups is 1. The van der Waals surface area contributed by atoms with Crippen LogP contribution in [0.15, 0.2) is 47.5 Å². The van der Waals surface area contributed by atoms with Crippen molar-refractivity contribution in [3.8, 4) is 0 Å². The zero-order valence-corrected chi connectivity index (χ0v) is 22.2. The van der Waals surface area contributed by atoms with E-state index in [-0.39, 0.29) is 11.8 Å². The number of carbonyl (C=O) groups excluding carboxylic acids is 1. The number of hydrogen-bond donors (Lipinski definition) is 4. The number of amides is 2. The van der Waals surface area contributed by atoms with Gasteiger partial charge in [-0.05, 0) is 87.2 Å². The second kappa shape index (κ2) is 15.9. The van der Waals surface area contributed by atoms with E-state index in [9.17, 15) is 9.18 Å². The maximum atomic E-state index is 12.8. The Hall–Kier alpha value is -2.97.